The molecule has 0 saturated heterocycles. The maximum absolute atomic E-state index is 12.0. The summed E-state index contributed by atoms with van der Waals surface area (Å²) in [6.07, 6.45) is 0.742. The molecule has 2 aromatic carbocycles. The summed E-state index contributed by atoms with van der Waals surface area (Å²) in [6, 6.07) is 11.1. The monoisotopic (exact) mass is 414 g/mol. The van der Waals surface area contributed by atoms with E-state index in [0.29, 0.717) is 5.69 Å². The summed E-state index contributed by atoms with van der Waals surface area (Å²) < 4.78 is 4.86. The standard InChI is InChI=1S/C20H22N4O6/c1-3-13-6-4-5-7-15(13)23-18(25)11-22-19(26)12-30-20(27)14-8-9-16(21-2)17(10-14)24(28)29/h4-10,21H,3,11-12H2,1-2H3,(H,22,26)(H,23,25). The Labute approximate surface area is 172 Å². The molecule has 0 aliphatic rings. The van der Waals surface area contributed by atoms with Gasteiger partial charge in [-0.2, -0.15) is 0 Å². The van der Waals surface area contributed by atoms with Crippen LogP contribution in [-0.2, 0) is 20.7 Å². The molecule has 0 aromatic heterocycles. The minimum atomic E-state index is -0.891. The van der Waals surface area contributed by atoms with Gasteiger partial charge in [0.2, 0.25) is 5.91 Å². The van der Waals surface area contributed by atoms with E-state index in [-0.39, 0.29) is 23.5 Å². The number of nitrogens with zero attached hydrogens (tertiary/aromatic N) is 1. The zero-order valence-corrected chi connectivity index (χ0v) is 16.6. The lowest BCUT2D eigenvalue weighted by Gasteiger charge is -2.10. The number of ether oxygens (including phenoxy) is 1. The third-order valence-corrected chi connectivity index (χ3v) is 4.15. The minimum Gasteiger partial charge on any atom is -0.452 e. The van der Waals surface area contributed by atoms with Crippen LogP contribution in [0.15, 0.2) is 42.5 Å². The van der Waals surface area contributed by atoms with Crippen molar-refractivity contribution in [3.8, 4) is 0 Å². The van der Waals surface area contributed by atoms with Crippen LogP contribution < -0.4 is 16.0 Å². The number of carbonyl (C=O) groups is 3. The predicted molar refractivity (Wildman–Crippen MR) is 110 cm³/mol. The number of anilines is 2. The Morgan fingerprint density at radius 2 is 1.80 bits per heavy atom. The molecule has 0 bridgehead atoms. The van der Waals surface area contributed by atoms with Crippen LogP contribution in [-0.4, -0.2) is 42.9 Å². The van der Waals surface area contributed by atoms with E-state index in [1.807, 2.05) is 19.1 Å². The predicted octanol–water partition coefficient (Wildman–Crippen LogP) is 2.11. The van der Waals surface area contributed by atoms with Crippen molar-refractivity contribution in [3.05, 3.63) is 63.7 Å². The zero-order chi connectivity index (χ0) is 22.1. The summed E-state index contributed by atoms with van der Waals surface area (Å²) in [4.78, 5) is 46.3. The van der Waals surface area contributed by atoms with Crippen molar-refractivity contribution < 1.29 is 24.0 Å². The largest absolute Gasteiger partial charge is 0.452 e. The van der Waals surface area contributed by atoms with E-state index in [4.69, 9.17) is 4.74 Å². The first-order chi connectivity index (χ1) is 14.3. The van der Waals surface area contributed by atoms with Gasteiger partial charge >= 0.3 is 5.97 Å². The van der Waals surface area contributed by atoms with Gasteiger partial charge in [0.05, 0.1) is 17.0 Å². The smallest absolute Gasteiger partial charge is 0.338 e. The van der Waals surface area contributed by atoms with Crippen molar-refractivity contribution in [2.75, 3.05) is 30.8 Å². The summed E-state index contributed by atoms with van der Waals surface area (Å²) in [5.74, 6) is -1.99. The van der Waals surface area contributed by atoms with E-state index < -0.39 is 29.3 Å². The number of nitro benzene ring substituents is 1. The third-order valence-electron chi connectivity index (χ3n) is 4.15. The molecule has 0 unspecified atom stereocenters. The zero-order valence-electron chi connectivity index (χ0n) is 16.6. The van der Waals surface area contributed by atoms with Crippen LogP contribution in [0.1, 0.15) is 22.8 Å². The lowest BCUT2D eigenvalue weighted by molar-refractivity contribution is -0.384. The number of aryl methyl sites for hydroxylation is 1. The molecule has 158 valence electrons. The highest BCUT2D eigenvalue weighted by Crippen LogP contribution is 2.25. The maximum Gasteiger partial charge on any atom is 0.338 e. The topological polar surface area (TPSA) is 140 Å². The lowest BCUT2D eigenvalue weighted by atomic mass is 10.1. The van der Waals surface area contributed by atoms with Crippen LogP contribution >= 0.6 is 0 Å². The van der Waals surface area contributed by atoms with E-state index in [9.17, 15) is 24.5 Å². The molecule has 0 saturated carbocycles. The highest BCUT2D eigenvalue weighted by atomic mass is 16.6. The van der Waals surface area contributed by atoms with Crippen molar-refractivity contribution in [2.45, 2.75) is 13.3 Å². The number of nitrogens with one attached hydrogen (secondary N) is 3. The number of rotatable bonds is 9. The minimum absolute atomic E-state index is 0.0672. The first kappa shape index (κ1) is 22.3. The summed E-state index contributed by atoms with van der Waals surface area (Å²) in [6.45, 7) is 1.04. The molecule has 0 aliphatic carbocycles. The van der Waals surface area contributed by atoms with Crippen molar-refractivity contribution in [2.24, 2.45) is 0 Å². The fraction of sp³-hybridized carbons (Fsp3) is 0.250. The van der Waals surface area contributed by atoms with Crippen LogP contribution in [0.4, 0.5) is 17.1 Å². The van der Waals surface area contributed by atoms with Crippen molar-refractivity contribution in [3.63, 3.8) is 0 Å². The number of nitro groups is 1. The average Bonchev–Trinajstić information content (AvgIpc) is 2.75. The second kappa shape index (κ2) is 10.6. The number of carbonyl (C=O) groups excluding carboxylic acids is 3. The molecule has 0 aliphatic heterocycles. The molecular formula is C20H22N4O6. The van der Waals surface area contributed by atoms with Crippen LogP contribution in [0, 0.1) is 10.1 Å². The molecule has 0 heterocycles. The molecule has 2 amide bonds. The van der Waals surface area contributed by atoms with Crippen LogP contribution in [0.2, 0.25) is 0 Å². The van der Waals surface area contributed by atoms with Gasteiger partial charge in [-0.25, -0.2) is 4.79 Å². The molecule has 0 spiro atoms. The molecule has 0 atom stereocenters. The van der Waals surface area contributed by atoms with Gasteiger partial charge in [-0.1, -0.05) is 25.1 Å². The quantitative estimate of drug-likeness (QED) is 0.324. The van der Waals surface area contributed by atoms with Gasteiger partial charge in [0.1, 0.15) is 5.69 Å². The van der Waals surface area contributed by atoms with Crippen LogP contribution in [0.3, 0.4) is 0 Å². The first-order valence-corrected chi connectivity index (χ1v) is 9.13. The summed E-state index contributed by atoms with van der Waals surface area (Å²) in [7, 11) is 1.52. The molecule has 10 heteroatoms. The molecular weight excluding hydrogens is 392 g/mol. The van der Waals surface area contributed by atoms with Gasteiger partial charge in [0, 0.05) is 18.8 Å². The second-order valence-electron chi connectivity index (χ2n) is 6.15. The van der Waals surface area contributed by atoms with Crippen LogP contribution in [0.25, 0.3) is 0 Å². The van der Waals surface area contributed by atoms with Gasteiger partial charge in [-0.05, 0) is 30.2 Å². The number of hydrogen-bond acceptors (Lipinski definition) is 7. The number of amides is 2. The molecule has 10 nitrogen and oxygen atoms in total. The Kier molecular flexibility index (Phi) is 7.86. The highest BCUT2D eigenvalue weighted by Gasteiger charge is 2.18. The third kappa shape index (κ3) is 6.03. The Balaban J connectivity index is 1.84. The molecule has 0 fully saturated rings. The molecule has 2 aromatic rings. The van der Waals surface area contributed by atoms with E-state index in [1.54, 1.807) is 12.1 Å². The summed E-state index contributed by atoms with van der Waals surface area (Å²) in [5, 5.41) is 18.8. The Morgan fingerprint density at radius 3 is 2.47 bits per heavy atom. The normalized spacial score (nSPS) is 10.1. The molecule has 0 radical (unpaired) electrons. The molecule has 30 heavy (non-hydrogen) atoms. The number of esters is 1. The van der Waals surface area contributed by atoms with Gasteiger partial charge < -0.3 is 20.7 Å². The van der Waals surface area contributed by atoms with Crippen molar-refractivity contribution >= 4 is 34.8 Å². The molecule has 3 N–H and O–H groups in total. The van der Waals surface area contributed by atoms with E-state index in [0.717, 1.165) is 18.1 Å². The fourth-order valence-electron chi connectivity index (χ4n) is 2.61. The Morgan fingerprint density at radius 1 is 1.07 bits per heavy atom. The number of benzene rings is 2. The highest BCUT2D eigenvalue weighted by molar-refractivity contribution is 5.96. The first-order valence-electron chi connectivity index (χ1n) is 9.13. The second-order valence-corrected chi connectivity index (χ2v) is 6.15. The number of hydrogen-bond donors (Lipinski definition) is 3. The Bertz CT molecular complexity index is 960. The van der Waals surface area contributed by atoms with Crippen molar-refractivity contribution in [1.82, 2.24) is 5.32 Å². The van der Waals surface area contributed by atoms with E-state index in [2.05, 4.69) is 16.0 Å². The fourth-order valence-corrected chi connectivity index (χ4v) is 2.61. The SMILES string of the molecule is CCc1ccccc1NC(=O)CNC(=O)COC(=O)c1ccc(NC)c([N+](=O)[O-])c1. The van der Waals surface area contributed by atoms with E-state index in [1.165, 1.54) is 19.2 Å². The summed E-state index contributed by atoms with van der Waals surface area (Å²) >= 11 is 0. The lowest BCUT2D eigenvalue weighted by Crippen LogP contribution is -2.35. The van der Waals surface area contributed by atoms with Gasteiger partial charge in [0.25, 0.3) is 11.6 Å². The summed E-state index contributed by atoms with van der Waals surface area (Å²) in [5.41, 5.74) is 1.51. The van der Waals surface area contributed by atoms with Gasteiger partial charge in [0.15, 0.2) is 6.61 Å². The maximum atomic E-state index is 12.0. The average molecular weight is 414 g/mol. The van der Waals surface area contributed by atoms with Crippen molar-refractivity contribution in [1.29, 1.82) is 0 Å². The van der Waals surface area contributed by atoms with Gasteiger partial charge in [-0.3, -0.25) is 19.7 Å². The van der Waals surface area contributed by atoms with Crippen LogP contribution in [0.5, 0.6) is 0 Å². The Hall–Kier alpha value is -3.95. The van der Waals surface area contributed by atoms with Gasteiger partial charge in [-0.15, -0.1) is 0 Å². The number of para-hydroxylation sites is 1. The molecule has 2 rings (SSSR count). The van der Waals surface area contributed by atoms with E-state index >= 15 is 0 Å².